The second-order valence-electron chi connectivity index (χ2n) is 6.13. The molecule has 1 amide bonds. The molecule has 0 radical (unpaired) electrons. The Kier molecular flexibility index (Phi) is 4.53. The smallest absolute Gasteiger partial charge is 0.255 e. The van der Waals surface area contributed by atoms with Crippen molar-refractivity contribution in [2.75, 3.05) is 20.1 Å². The number of likely N-dealkylation sites (tertiary alicyclic amines) is 1. The van der Waals surface area contributed by atoms with Crippen LogP contribution in [0.1, 0.15) is 54.5 Å². The van der Waals surface area contributed by atoms with Crippen LogP contribution in [0.15, 0.2) is 6.07 Å². The largest absolute Gasteiger partial charge is 0.346 e. The normalized spacial score (nSPS) is 19.7. The molecule has 0 bridgehead atoms. The Balaban J connectivity index is 2.23. The molecule has 20 heavy (non-hydrogen) atoms. The first-order valence-corrected chi connectivity index (χ1v) is 7.60. The van der Waals surface area contributed by atoms with Crippen molar-refractivity contribution in [2.45, 2.75) is 52.6 Å². The molecule has 1 fully saturated rings. The minimum Gasteiger partial charge on any atom is -0.346 e. The third kappa shape index (κ3) is 2.75. The summed E-state index contributed by atoms with van der Waals surface area (Å²) in [6.45, 7) is 10.2. The predicted octanol–water partition coefficient (Wildman–Crippen LogP) is 2.51. The number of rotatable bonds is 3. The lowest BCUT2D eigenvalue weighted by molar-refractivity contribution is 0.0697. The third-order valence-electron chi connectivity index (χ3n) is 4.35. The molecular formula is C16H27N3O. The second kappa shape index (κ2) is 6.00. The highest BCUT2D eigenvalue weighted by Gasteiger charge is 2.26. The quantitative estimate of drug-likeness (QED) is 0.922. The summed E-state index contributed by atoms with van der Waals surface area (Å²) in [7, 11) is 1.98. The summed E-state index contributed by atoms with van der Waals surface area (Å²) in [6, 6.07) is 2.87. The van der Waals surface area contributed by atoms with Crippen LogP contribution in [0.4, 0.5) is 0 Å². The van der Waals surface area contributed by atoms with E-state index in [-0.39, 0.29) is 5.91 Å². The summed E-state index contributed by atoms with van der Waals surface area (Å²) >= 11 is 0. The van der Waals surface area contributed by atoms with E-state index >= 15 is 0 Å². The van der Waals surface area contributed by atoms with Crippen LogP contribution in [0.3, 0.4) is 0 Å². The molecule has 1 atom stereocenters. The molecule has 1 aromatic rings. The molecule has 4 nitrogen and oxygen atoms in total. The zero-order valence-corrected chi connectivity index (χ0v) is 13.4. The maximum atomic E-state index is 12.8. The van der Waals surface area contributed by atoms with Crippen LogP contribution in [0, 0.1) is 13.8 Å². The molecule has 1 aliphatic heterocycles. The fourth-order valence-corrected chi connectivity index (χ4v) is 3.36. The van der Waals surface area contributed by atoms with E-state index in [0.717, 1.165) is 37.2 Å². The summed E-state index contributed by atoms with van der Waals surface area (Å²) in [5.74, 6) is 0.185. The van der Waals surface area contributed by atoms with Gasteiger partial charge in [0.15, 0.2) is 0 Å². The Labute approximate surface area is 122 Å². The first kappa shape index (κ1) is 15.1. The third-order valence-corrected chi connectivity index (χ3v) is 4.35. The highest BCUT2D eigenvalue weighted by Crippen LogP contribution is 2.22. The second-order valence-corrected chi connectivity index (χ2v) is 6.13. The minimum atomic E-state index is 0.185. The van der Waals surface area contributed by atoms with Crippen molar-refractivity contribution in [2.24, 2.45) is 0 Å². The molecule has 1 aliphatic rings. The summed E-state index contributed by atoms with van der Waals surface area (Å²) in [6.07, 6.45) is 2.24. The zero-order valence-electron chi connectivity index (χ0n) is 13.4. The summed E-state index contributed by atoms with van der Waals surface area (Å²) < 4.78 is 2.24. The molecule has 0 unspecified atom stereocenters. The number of hydrogen-bond acceptors (Lipinski definition) is 2. The van der Waals surface area contributed by atoms with Crippen molar-refractivity contribution in [1.82, 2.24) is 14.8 Å². The van der Waals surface area contributed by atoms with E-state index in [0.29, 0.717) is 12.1 Å². The number of amides is 1. The van der Waals surface area contributed by atoms with Gasteiger partial charge in [0, 0.05) is 36.6 Å². The van der Waals surface area contributed by atoms with E-state index in [1.807, 2.05) is 18.0 Å². The van der Waals surface area contributed by atoms with Crippen LogP contribution in [-0.4, -0.2) is 41.6 Å². The van der Waals surface area contributed by atoms with Gasteiger partial charge in [0.1, 0.15) is 0 Å². The first-order valence-electron chi connectivity index (χ1n) is 7.60. The van der Waals surface area contributed by atoms with E-state index in [4.69, 9.17) is 0 Å². The number of likely N-dealkylation sites (N-methyl/N-ethyl adjacent to an activating group) is 1. The predicted molar refractivity (Wildman–Crippen MR) is 82.3 cm³/mol. The SMILES string of the molecule is CN[C@@H]1CCCN(C(=O)c2cc(C)n(C(C)C)c2C)C1. The lowest BCUT2D eigenvalue weighted by atomic mass is 10.0. The van der Waals surface area contributed by atoms with Crippen molar-refractivity contribution in [1.29, 1.82) is 0 Å². The van der Waals surface area contributed by atoms with Crippen LogP contribution in [0.25, 0.3) is 0 Å². The van der Waals surface area contributed by atoms with Crippen LogP contribution in [0.2, 0.25) is 0 Å². The van der Waals surface area contributed by atoms with E-state index in [9.17, 15) is 4.79 Å². The van der Waals surface area contributed by atoms with E-state index < -0.39 is 0 Å². The number of piperidine rings is 1. The van der Waals surface area contributed by atoms with E-state index in [2.05, 4.69) is 37.6 Å². The lowest BCUT2D eigenvalue weighted by Gasteiger charge is -2.32. The van der Waals surface area contributed by atoms with Gasteiger partial charge in [-0.15, -0.1) is 0 Å². The number of carbonyl (C=O) groups excluding carboxylic acids is 1. The molecule has 2 rings (SSSR count). The molecule has 0 spiro atoms. The van der Waals surface area contributed by atoms with Gasteiger partial charge in [-0.3, -0.25) is 4.79 Å². The van der Waals surface area contributed by atoms with Gasteiger partial charge < -0.3 is 14.8 Å². The highest BCUT2D eigenvalue weighted by atomic mass is 16.2. The Morgan fingerprint density at radius 1 is 1.40 bits per heavy atom. The van der Waals surface area contributed by atoms with Crippen LogP contribution in [-0.2, 0) is 0 Å². The number of aryl methyl sites for hydroxylation is 1. The van der Waals surface area contributed by atoms with Crippen molar-refractivity contribution >= 4 is 5.91 Å². The number of nitrogens with one attached hydrogen (secondary N) is 1. The van der Waals surface area contributed by atoms with Gasteiger partial charge in [0.25, 0.3) is 5.91 Å². The fraction of sp³-hybridized carbons (Fsp3) is 0.688. The van der Waals surface area contributed by atoms with Crippen molar-refractivity contribution < 1.29 is 4.79 Å². The summed E-state index contributed by atoms with van der Waals surface area (Å²) in [4.78, 5) is 14.8. The zero-order chi connectivity index (χ0) is 14.9. The van der Waals surface area contributed by atoms with E-state index in [1.54, 1.807) is 0 Å². The monoisotopic (exact) mass is 277 g/mol. The fourth-order valence-electron chi connectivity index (χ4n) is 3.36. The van der Waals surface area contributed by atoms with Gasteiger partial charge in [0.2, 0.25) is 0 Å². The average molecular weight is 277 g/mol. The maximum Gasteiger partial charge on any atom is 0.255 e. The molecule has 112 valence electrons. The first-order chi connectivity index (χ1) is 9.45. The van der Waals surface area contributed by atoms with Gasteiger partial charge in [-0.25, -0.2) is 0 Å². The van der Waals surface area contributed by atoms with Crippen LogP contribution in [0.5, 0.6) is 0 Å². The standard InChI is InChI=1S/C16H27N3O/c1-11(2)19-12(3)9-15(13(19)4)16(20)18-8-6-7-14(10-18)17-5/h9,11,14,17H,6-8,10H2,1-5H3/t14-/m1/s1. The number of nitrogens with zero attached hydrogens (tertiary/aromatic N) is 2. The van der Waals surface area contributed by atoms with Crippen LogP contribution >= 0.6 is 0 Å². The van der Waals surface area contributed by atoms with Gasteiger partial charge >= 0.3 is 0 Å². The number of hydrogen-bond donors (Lipinski definition) is 1. The van der Waals surface area contributed by atoms with Gasteiger partial charge in [-0.1, -0.05) is 0 Å². The Morgan fingerprint density at radius 3 is 2.65 bits per heavy atom. The molecule has 0 aliphatic carbocycles. The Hall–Kier alpha value is -1.29. The molecule has 2 heterocycles. The van der Waals surface area contributed by atoms with Gasteiger partial charge in [-0.2, -0.15) is 0 Å². The molecule has 1 aromatic heterocycles. The van der Waals surface area contributed by atoms with Crippen molar-refractivity contribution in [3.05, 3.63) is 23.0 Å². The Bertz CT molecular complexity index is 490. The molecule has 0 aromatic carbocycles. The molecule has 1 N–H and O–H groups in total. The lowest BCUT2D eigenvalue weighted by Crippen LogP contribution is -2.47. The van der Waals surface area contributed by atoms with Gasteiger partial charge in [0.05, 0.1) is 5.56 Å². The minimum absolute atomic E-state index is 0.185. The highest BCUT2D eigenvalue weighted by molar-refractivity contribution is 5.95. The summed E-state index contributed by atoms with van der Waals surface area (Å²) in [5.41, 5.74) is 3.13. The van der Waals surface area contributed by atoms with Gasteiger partial charge in [-0.05, 0) is 53.7 Å². The Morgan fingerprint density at radius 2 is 2.10 bits per heavy atom. The van der Waals surface area contributed by atoms with E-state index in [1.165, 1.54) is 5.69 Å². The topological polar surface area (TPSA) is 37.3 Å². The maximum absolute atomic E-state index is 12.8. The molecule has 4 heteroatoms. The summed E-state index contributed by atoms with van der Waals surface area (Å²) in [5, 5.41) is 3.29. The van der Waals surface area contributed by atoms with Crippen molar-refractivity contribution in [3.8, 4) is 0 Å². The van der Waals surface area contributed by atoms with Crippen molar-refractivity contribution in [3.63, 3.8) is 0 Å². The molecular weight excluding hydrogens is 250 g/mol. The number of carbonyl (C=O) groups is 1. The molecule has 1 saturated heterocycles. The number of aromatic nitrogens is 1. The molecule has 0 saturated carbocycles. The average Bonchev–Trinajstić information content (AvgIpc) is 2.73. The van der Waals surface area contributed by atoms with Crippen LogP contribution < -0.4 is 5.32 Å².